The molecule has 3 nitrogen and oxygen atoms in total. The Morgan fingerprint density at radius 1 is 0.929 bits per heavy atom. The van der Waals surface area contributed by atoms with Crippen LogP contribution in [-0.4, -0.2) is 25.1 Å². The van der Waals surface area contributed by atoms with E-state index in [1.165, 1.54) is 5.69 Å². The maximum atomic E-state index is 12.9. The second-order valence-corrected chi connectivity index (χ2v) is 6.74. The van der Waals surface area contributed by atoms with Gasteiger partial charge in [0.1, 0.15) is 0 Å². The van der Waals surface area contributed by atoms with E-state index >= 15 is 0 Å². The summed E-state index contributed by atoms with van der Waals surface area (Å²) in [5.41, 5.74) is 5.25. The summed E-state index contributed by atoms with van der Waals surface area (Å²) < 4.78 is 0. The lowest BCUT2D eigenvalue weighted by atomic mass is 10.00. The van der Waals surface area contributed by atoms with Crippen LogP contribution in [0.5, 0.6) is 0 Å². The van der Waals surface area contributed by atoms with E-state index < -0.39 is 0 Å². The first kappa shape index (κ1) is 19.6. The molecule has 0 amide bonds. The van der Waals surface area contributed by atoms with E-state index in [-0.39, 0.29) is 5.78 Å². The van der Waals surface area contributed by atoms with Crippen LogP contribution in [0.1, 0.15) is 40.9 Å². The summed E-state index contributed by atoms with van der Waals surface area (Å²) in [6, 6.07) is 23.5. The van der Waals surface area contributed by atoms with Crippen LogP contribution in [0.25, 0.3) is 0 Å². The zero-order chi connectivity index (χ0) is 19.9. The number of hydrogen-bond acceptors (Lipinski definition) is 3. The van der Waals surface area contributed by atoms with Gasteiger partial charge in [-0.15, -0.1) is 0 Å². The van der Waals surface area contributed by atoms with Gasteiger partial charge < -0.3 is 4.90 Å². The minimum absolute atomic E-state index is 0.00617. The molecule has 28 heavy (non-hydrogen) atoms. The quantitative estimate of drug-likeness (QED) is 0.387. The van der Waals surface area contributed by atoms with Gasteiger partial charge in [-0.2, -0.15) is 0 Å². The van der Waals surface area contributed by atoms with E-state index in [2.05, 4.69) is 48.0 Å². The molecule has 0 N–H and O–H groups in total. The summed E-state index contributed by atoms with van der Waals surface area (Å²) in [5, 5.41) is 0. The molecule has 3 rings (SSSR count). The minimum atomic E-state index is -0.00617. The first-order chi connectivity index (χ1) is 13.6. The largest absolute Gasteiger partial charge is 0.372 e. The number of benzene rings is 3. The second kappa shape index (κ2) is 9.14. The lowest BCUT2D eigenvalue weighted by Crippen LogP contribution is -2.21. The molecule has 0 aliphatic carbocycles. The molecule has 0 saturated heterocycles. The number of rotatable bonds is 7. The van der Waals surface area contributed by atoms with Crippen molar-refractivity contribution in [3.8, 4) is 0 Å². The molecule has 3 heteroatoms. The summed E-state index contributed by atoms with van der Waals surface area (Å²) >= 11 is 0. The Bertz CT molecular complexity index is 956. The molecule has 0 aliphatic rings. The third-order valence-corrected chi connectivity index (χ3v) is 4.81. The van der Waals surface area contributed by atoms with Crippen LogP contribution in [0, 0.1) is 6.92 Å². The fraction of sp³-hybridized carbons (Fsp3) is 0.200. The van der Waals surface area contributed by atoms with Gasteiger partial charge in [0.25, 0.3) is 0 Å². The highest BCUT2D eigenvalue weighted by Crippen LogP contribution is 2.24. The number of aliphatic imine (C=N–C) groups is 1. The van der Waals surface area contributed by atoms with Crippen LogP contribution in [0.2, 0.25) is 0 Å². The van der Waals surface area contributed by atoms with Crippen LogP contribution < -0.4 is 4.90 Å². The molecule has 0 aromatic heterocycles. The number of carbonyl (C=O) groups is 1. The Hall–Kier alpha value is -3.20. The number of hydrogen-bond donors (Lipinski definition) is 0. The predicted molar refractivity (Wildman–Crippen MR) is 118 cm³/mol. The van der Waals surface area contributed by atoms with E-state index in [4.69, 9.17) is 0 Å². The Morgan fingerprint density at radius 3 is 2.25 bits per heavy atom. The molecule has 0 spiro atoms. The summed E-state index contributed by atoms with van der Waals surface area (Å²) in [4.78, 5) is 19.9. The van der Waals surface area contributed by atoms with Crippen LogP contribution in [0.15, 0.2) is 77.8 Å². The van der Waals surface area contributed by atoms with E-state index in [9.17, 15) is 4.79 Å². The Kier molecular flexibility index (Phi) is 6.38. The van der Waals surface area contributed by atoms with Crippen molar-refractivity contribution in [1.29, 1.82) is 0 Å². The van der Waals surface area contributed by atoms with Crippen molar-refractivity contribution in [2.45, 2.75) is 20.8 Å². The van der Waals surface area contributed by atoms with Crippen molar-refractivity contribution < 1.29 is 4.79 Å². The van der Waals surface area contributed by atoms with Gasteiger partial charge in [-0.3, -0.25) is 9.79 Å². The van der Waals surface area contributed by atoms with E-state index in [0.29, 0.717) is 16.8 Å². The highest BCUT2D eigenvalue weighted by Gasteiger charge is 2.13. The topological polar surface area (TPSA) is 32.7 Å². The molecule has 0 heterocycles. The Labute approximate surface area is 167 Å². The number of carbonyl (C=O) groups excluding carboxylic acids is 1. The number of ketones is 1. The smallest absolute Gasteiger partial charge is 0.195 e. The molecule has 0 fully saturated rings. The molecule has 0 radical (unpaired) electrons. The third kappa shape index (κ3) is 4.55. The third-order valence-electron chi connectivity index (χ3n) is 4.81. The molecule has 0 atom stereocenters. The van der Waals surface area contributed by atoms with Gasteiger partial charge in [-0.25, -0.2) is 0 Å². The maximum Gasteiger partial charge on any atom is 0.195 e. The molecule has 142 valence electrons. The zero-order valence-corrected chi connectivity index (χ0v) is 16.7. The van der Waals surface area contributed by atoms with Crippen LogP contribution in [-0.2, 0) is 0 Å². The molecule has 0 unspecified atom stereocenters. The first-order valence-corrected chi connectivity index (χ1v) is 9.71. The first-order valence-electron chi connectivity index (χ1n) is 9.71. The lowest BCUT2D eigenvalue weighted by Gasteiger charge is -2.20. The van der Waals surface area contributed by atoms with E-state index in [1.54, 1.807) is 0 Å². The molecule has 0 bridgehead atoms. The van der Waals surface area contributed by atoms with Crippen LogP contribution in [0.3, 0.4) is 0 Å². The van der Waals surface area contributed by atoms with Gasteiger partial charge in [-0.05, 0) is 50.6 Å². The molecular formula is C25H26N2O. The monoisotopic (exact) mass is 370 g/mol. The Morgan fingerprint density at radius 2 is 1.61 bits per heavy atom. The zero-order valence-electron chi connectivity index (χ0n) is 16.7. The normalized spacial score (nSPS) is 11.0. The van der Waals surface area contributed by atoms with Gasteiger partial charge >= 0.3 is 0 Å². The fourth-order valence-electron chi connectivity index (χ4n) is 3.19. The number of aryl methyl sites for hydroxylation is 1. The SMILES string of the molecule is CCN(CC)c1ccc(C=Nc2ccc(C)cc2C(=O)c2ccccc2)cc1. The van der Waals surface area contributed by atoms with Gasteiger partial charge in [-0.1, -0.05) is 54.1 Å². The second-order valence-electron chi connectivity index (χ2n) is 6.74. The lowest BCUT2D eigenvalue weighted by molar-refractivity contribution is 0.103. The predicted octanol–water partition coefficient (Wildman–Crippen LogP) is 5.82. The average molecular weight is 370 g/mol. The van der Waals surface area contributed by atoms with Gasteiger partial charge in [0, 0.05) is 36.1 Å². The van der Waals surface area contributed by atoms with Crippen LogP contribution in [0.4, 0.5) is 11.4 Å². The van der Waals surface area contributed by atoms with E-state index in [0.717, 1.165) is 24.2 Å². The van der Waals surface area contributed by atoms with Crippen molar-refractivity contribution >= 4 is 23.4 Å². The molecule has 3 aromatic carbocycles. The molecule has 0 saturated carbocycles. The Balaban J connectivity index is 1.87. The van der Waals surface area contributed by atoms with Gasteiger partial charge in [0.05, 0.1) is 5.69 Å². The summed E-state index contributed by atoms with van der Waals surface area (Å²) in [7, 11) is 0. The van der Waals surface area contributed by atoms with Crippen molar-refractivity contribution in [2.75, 3.05) is 18.0 Å². The minimum Gasteiger partial charge on any atom is -0.372 e. The maximum absolute atomic E-state index is 12.9. The molecular weight excluding hydrogens is 344 g/mol. The van der Waals surface area contributed by atoms with Gasteiger partial charge in [0.15, 0.2) is 5.78 Å². The van der Waals surface area contributed by atoms with Crippen molar-refractivity contribution in [2.24, 2.45) is 4.99 Å². The summed E-state index contributed by atoms with van der Waals surface area (Å²) in [6.07, 6.45) is 1.82. The molecule has 3 aromatic rings. The highest BCUT2D eigenvalue weighted by molar-refractivity contribution is 6.12. The fourth-order valence-corrected chi connectivity index (χ4v) is 3.19. The van der Waals surface area contributed by atoms with E-state index in [1.807, 2.05) is 61.7 Å². The summed E-state index contributed by atoms with van der Waals surface area (Å²) in [5.74, 6) is -0.00617. The summed E-state index contributed by atoms with van der Waals surface area (Å²) in [6.45, 7) is 8.26. The van der Waals surface area contributed by atoms with Crippen LogP contribution >= 0.6 is 0 Å². The van der Waals surface area contributed by atoms with Crippen molar-refractivity contribution in [3.05, 3.63) is 95.1 Å². The highest BCUT2D eigenvalue weighted by atomic mass is 16.1. The standard InChI is InChI=1S/C25H26N2O/c1-4-27(5-2)22-14-12-20(13-15-22)18-26-24-16-11-19(3)17-23(24)25(28)21-9-7-6-8-10-21/h6-18H,4-5H2,1-3H3. The number of anilines is 1. The van der Waals surface area contributed by atoms with Crippen molar-refractivity contribution in [3.63, 3.8) is 0 Å². The molecule has 0 aliphatic heterocycles. The van der Waals surface area contributed by atoms with Crippen molar-refractivity contribution in [1.82, 2.24) is 0 Å². The number of nitrogens with zero attached hydrogens (tertiary/aromatic N) is 2. The van der Waals surface area contributed by atoms with Gasteiger partial charge in [0.2, 0.25) is 0 Å². The average Bonchev–Trinajstić information content (AvgIpc) is 2.74.